The number of carbonyl (C=O) groups excluding carboxylic acids is 3. The van der Waals surface area contributed by atoms with Gasteiger partial charge in [0.25, 0.3) is 11.8 Å². The molecular formula is C29H36F3N5O7. The van der Waals surface area contributed by atoms with E-state index in [0.717, 1.165) is 18.4 Å². The van der Waals surface area contributed by atoms with Crippen LogP contribution in [0.2, 0.25) is 0 Å². The summed E-state index contributed by atoms with van der Waals surface area (Å²) in [6.45, 7) is 9.92. The molecule has 12 nitrogen and oxygen atoms in total. The Morgan fingerprint density at radius 3 is 2.23 bits per heavy atom. The van der Waals surface area contributed by atoms with E-state index in [-0.39, 0.29) is 35.9 Å². The van der Waals surface area contributed by atoms with Gasteiger partial charge in [-0.15, -0.1) is 0 Å². The number of aromatic nitrogens is 3. The molecule has 3 aromatic rings. The normalized spacial score (nSPS) is 11.9. The third-order valence-electron chi connectivity index (χ3n) is 6.11. The summed E-state index contributed by atoms with van der Waals surface area (Å²) in [5, 5.41) is 19.8. The fourth-order valence-corrected chi connectivity index (χ4v) is 3.83. The SMILES string of the molecule is CCOC(=O)[C@H](CC(C)C)NC(=O)c1cc(-c2cccc(-c3ncc(C(=O)NC(CC)CC)o3)c2)[nH]n1.O=C(O)C(F)(F)F. The molecule has 0 bridgehead atoms. The fraction of sp³-hybridized carbons (Fsp3) is 0.448. The number of ether oxygens (including phenoxy) is 1. The van der Waals surface area contributed by atoms with E-state index in [4.69, 9.17) is 19.1 Å². The summed E-state index contributed by atoms with van der Waals surface area (Å²) >= 11 is 0. The third-order valence-corrected chi connectivity index (χ3v) is 6.11. The maximum absolute atomic E-state index is 12.8. The number of nitrogens with one attached hydrogen (secondary N) is 3. The Hall–Kier alpha value is -4.69. The number of oxazole rings is 1. The Morgan fingerprint density at radius 2 is 1.66 bits per heavy atom. The van der Waals surface area contributed by atoms with E-state index in [2.05, 4.69) is 25.8 Å². The van der Waals surface area contributed by atoms with Crippen LogP contribution in [-0.4, -0.2) is 68.9 Å². The van der Waals surface area contributed by atoms with Crippen LogP contribution in [0.25, 0.3) is 22.7 Å². The highest BCUT2D eigenvalue weighted by Crippen LogP contribution is 2.26. The molecule has 0 saturated carbocycles. The largest absolute Gasteiger partial charge is 0.490 e. The van der Waals surface area contributed by atoms with Gasteiger partial charge >= 0.3 is 18.1 Å². The van der Waals surface area contributed by atoms with Crippen LogP contribution in [0.3, 0.4) is 0 Å². The number of hydrogen-bond donors (Lipinski definition) is 4. The van der Waals surface area contributed by atoms with Crippen LogP contribution in [0.4, 0.5) is 13.2 Å². The number of alkyl halides is 3. The Bertz CT molecular complexity index is 1410. The number of carboxylic acids is 1. The van der Waals surface area contributed by atoms with Gasteiger partial charge in [-0.1, -0.05) is 39.8 Å². The lowest BCUT2D eigenvalue weighted by molar-refractivity contribution is -0.192. The van der Waals surface area contributed by atoms with Crippen molar-refractivity contribution in [1.29, 1.82) is 0 Å². The van der Waals surface area contributed by atoms with Crippen molar-refractivity contribution in [2.75, 3.05) is 6.61 Å². The topological polar surface area (TPSA) is 177 Å². The van der Waals surface area contributed by atoms with E-state index in [1.807, 2.05) is 52.0 Å². The van der Waals surface area contributed by atoms with Crippen molar-refractivity contribution in [2.45, 2.75) is 72.1 Å². The first-order valence-electron chi connectivity index (χ1n) is 13.9. The molecule has 2 heterocycles. The average Bonchev–Trinajstić information content (AvgIpc) is 3.66. The summed E-state index contributed by atoms with van der Waals surface area (Å²) in [6, 6.07) is 8.24. The zero-order chi connectivity index (χ0) is 33.0. The molecule has 240 valence electrons. The summed E-state index contributed by atoms with van der Waals surface area (Å²) < 4.78 is 42.5. The second kappa shape index (κ2) is 16.2. The minimum Gasteiger partial charge on any atom is -0.475 e. The van der Waals surface area contributed by atoms with Gasteiger partial charge in [0.1, 0.15) is 6.04 Å². The summed E-state index contributed by atoms with van der Waals surface area (Å²) in [4.78, 5) is 50.7. The number of esters is 1. The molecule has 1 atom stereocenters. The van der Waals surface area contributed by atoms with Crippen LogP contribution in [-0.2, 0) is 14.3 Å². The highest BCUT2D eigenvalue weighted by atomic mass is 19.4. The molecule has 3 rings (SSSR count). The number of H-pyrrole nitrogens is 1. The van der Waals surface area contributed by atoms with Gasteiger partial charge in [-0.05, 0) is 50.3 Å². The van der Waals surface area contributed by atoms with Crippen molar-refractivity contribution in [3.05, 3.63) is 48.0 Å². The summed E-state index contributed by atoms with van der Waals surface area (Å²) in [5.74, 6) is -3.36. The second-order valence-electron chi connectivity index (χ2n) is 9.97. The lowest BCUT2D eigenvalue weighted by atomic mass is 10.0. The van der Waals surface area contributed by atoms with Crippen molar-refractivity contribution >= 4 is 23.8 Å². The maximum atomic E-state index is 12.8. The van der Waals surface area contributed by atoms with E-state index >= 15 is 0 Å². The third kappa shape index (κ3) is 10.5. The Balaban J connectivity index is 0.000000860. The summed E-state index contributed by atoms with van der Waals surface area (Å²) in [7, 11) is 0. The van der Waals surface area contributed by atoms with E-state index in [0.29, 0.717) is 23.6 Å². The number of carbonyl (C=O) groups is 4. The highest BCUT2D eigenvalue weighted by Gasteiger charge is 2.38. The molecule has 0 aliphatic carbocycles. The van der Waals surface area contributed by atoms with E-state index < -0.39 is 30.1 Å². The van der Waals surface area contributed by atoms with Gasteiger partial charge in [-0.25, -0.2) is 14.6 Å². The number of nitrogens with zero attached hydrogens (tertiary/aromatic N) is 2. The molecule has 0 aliphatic heterocycles. The number of aromatic amines is 1. The molecule has 0 spiro atoms. The number of amides is 2. The molecule has 0 aliphatic rings. The summed E-state index contributed by atoms with van der Waals surface area (Å²) in [6.07, 6.45) is -1.56. The van der Waals surface area contributed by atoms with Crippen LogP contribution in [0.5, 0.6) is 0 Å². The molecule has 2 amide bonds. The quantitative estimate of drug-likeness (QED) is 0.202. The Kier molecular flexibility index (Phi) is 13.1. The molecule has 4 N–H and O–H groups in total. The van der Waals surface area contributed by atoms with Crippen molar-refractivity contribution in [3.8, 4) is 22.7 Å². The van der Waals surface area contributed by atoms with Gasteiger partial charge in [0.05, 0.1) is 18.5 Å². The smallest absolute Gasteiger partial charge is 0.475 e. The van der Waals surface area contributed by atoms with Crippen molar-refractivity contribution < 1.29 is 46.6 Å². The van der Waals surface area contributed by atoms with Gasteiger partial charge in [-0.3, -0.25) is 14.7 Å². The van der Waals surface area contributed by atoms with Gasteiger partial charge in [0.2, 0.25) is 11.7 Å². The van der Waals surface area contributed by atoms with E-state index in [9.17, 15) is 27.6 Å². The molecule has 44 heavy (non-hydrogen) atoms. The van der Waals surface area contributed by atoms with Crippen LogP contribution in [0, 0.1) is 5.92 Å². The number of benzene rings is 1. The van der Waals surface area contributed by atoms with Gasteiger partial charge in [-0.2, -0.15) is 18.3 Å². The number of rotatable bonds is 12. The Labute approximate surface area is 251 Å². The highest BCUT2D eigenvalue weighted by molar-refractivity contribution is 5.96. The predicted molar refractivity (Wildman–Crippen MR) is 152 cm³/mol. The molecule has 0 unspecified atom stereocenters. The van der Waals surface area contributed by atoms with E-state index in [1.165, 1.54) is 6.20 Å². The van der Waals surface area contributed by atoms with Gasteiger partial charge < -0.3 is 24.9 Å². The minimum absolute atomic E-state index is 0.0779. The monoisotopic (exact) mass is 623 g/mol. The zero-order valence-electron chi connectivity index (χ0n) is 24.9. The Morgan fingerprint density at radius 1 is 1.02 bits per heavy atom. The average molecular weight is 624 g/mol. The van der Waals surface area contributed by atoms with Gasteiger partial charge in [0.15, 0.2) is 5.69 Å². The number of carboxylic acid groups (broad SMARTS) is 1. The zero-order valence-corrected chi connectivity index (χ0v) is 24.9. The lowest BCUT2D eigenvalue weighted by Gasteiger charge is -2.18. The molecule has 0 radical (unpaired) electrons. The maximum Gasteiger partial charge on any atom is 0.490 e. The first kappa shape index (κ1) is 35.5. The molecule has 0 fully saturated rings. The fourth-order valence-electron chi connectivity index (χ4n) is 3.83. The number of aliphatic carboxylic acids is 1. The predicted octanol–water partition coefficient (Wildman–Crippen LogP) is 4.99. The standard InChI is InChI=1S/C27H35N5O5.C2HF3O2/c1-6-19(7-2)29-25(34)23-15-28-26(37-23)18-11-9-10-17(13-18)20-14-21(32-31-20)24(33)30-22(12-16(4)5)27(35)36-8-3;3-2(4,5)1(6)7/h9-11,13-16,19,22H,6-8,12H2,1-5H3,(H,29,34)(H,30,33)(H,31,32);(H,6,7)/t22-;/m0./s1. The first-order valence-corrected chi connectivity index (χ1v) is 13.9. The molecule has 0 saturated heterocycles. The summed E-state index contributed by atoms with van der Waals surface area (Å²) in [5.41, 5.74) is 2.16. The first-order chi connectivity index (χ1) is 20.7. The van der Waals surface area contributed by atoms with Crippen molar-refractivity contribution in [3.63, 3.8) is 0 Å². The van der Waals surface area contributed by atoms with Crippen molar-refractivity contribution in [1.82, 2.24) is 25.8 Å². The molecular weight excluding hydrogens is 587 g/mol. The molecule has 15 heteroatoms. The van der Waals surface area contributed by atoms with Gasteiger partial charge in [0, 0.05) is 17.2 Å². The van der Waals surface area contributed by atoms with Crippen LogP contribution in [0.1, 0.15) is 74.9 Å². The molecule has 2 aromatic heterocycles. The second-order valence-corrected chi connectivity index (χ2v) is 9.97. The van der Waals surface area contributed by atoms with Crippen LogP contribution < -0.4 is 10.6 Å². The molecule has 1 aromatic carbocycles. The van der Waals surface area contributed by atoms with E-state index in [1.54, 1.807) is 13.0 Å². The van der Waals surface area contributed by atoms with Crippen LogP contribution in [0.15, 0.2) is 40.9 Å². The number of halogens is 3. The van der Waals surface area contributed by atoms with Crippen LogP contribution >= 0.6 is 0 Å². The minimum atomic E-state index is -5.08. The lowest BCUT2D eigenvalue weighted by Crippen LogP contribution is -2.42. The number of hydrogen-bond acceptors (Lipinski definition) is 8. The van der Waals surface area contributed by atoms with Crippen molar-refractivity contribution in [2.24, 2.45) is 5.92 Å².